The van der Waals surface area contributed by atoms with Crippen LogP contribution in [0.1, 0.15) is 21.6 Å². The Kier molecular flexibility index (Phi) is 5.73. The van der Waals surface area contributed by atoms with E-state index in [1.807, 2.05) is 0 Å². The third kappa shape index (κ3) is 3.09. The molecule has 0 bridgehead atoms. The Labute approximate surface area is 175 Å². The molecule has 2 aromatic heterocycles. The maximum atomic E-state index is 12.7. The van der Waals surface area contributed by atoms with Gasteiger partial charge in [-0.3, -0.25) is 4.79 Å². The molecule has 0 saturated heterocycles. The van der Waals surface area contributed by atoms with Gasteiger partial charge in [0.05, 0.1) is 37.8 Å². The van der Waals surface area contributed by atoms with E-state index in [0.717, 1.165) is 14.2 Å². The topological polar surface area (TPSA) is 120 Å². The van der Waals surface area contributed by atoms with E-state index in [-0.39, 0.29) is 5.57 Å². The van der Waals surface area contributed by atoms with Gasteiger partial charge in [0.15, 0.2) is 5.41 Å². The van der Waals surface area contributed by atoms with Gasteiger partial charge < -0.3 is 14.6 Å². The summed E-state index contributed by atoms with van der Waals surface area (Å²) in [6.45, 7) is 0. The summed E-state index contributed by atoms with van der Waals surface area (Å²) in [5.74, 6) is -5.83. The molecule has 0 radical (unpaired) electrons. The van der Waals surface area contributed by atoms with Gasteiger partial charge in [-0.15, -0.1) is 22.7 Å². The van der Waals surface area contributed by atoms with Gasteiger partial charge in [0.1, 0.15) is 11.7 Å². The quantitative estimate of drug-likeness (QED) is 0.740. The van der Waals surface area contributed by atoms with Crippen molar-refractivity contribution in [3.8, 4) is 12.1 Å². The molecule has 1 aliphatic rings. The zero-order valence-electron chi connectivity index (χ0n) is 15.5. The second-order valence-corrected chi connectivity index (χ2v) is 8.28. The van der Waals surface area contributed by atoms with Crippen LogP contribution < -0.4 is 0 Å². The van der Waals surface area contributed by atoms with Gasteiger partial charge in [0.25, 0.3) is 0 Å². The minimum Gasteiger partial charge on any atom is -0.511 e. The summed E-state index contributed by atoms with van der Waals surface area (Å²) in [5.41, 5.74) is -2.13. The molecule has 7 nitrogen and oxygen atoms in total. The molecule has 0 amide bonds. The fraction of sp³-hybridized carbons (Fsp3) is 0.300. The van der Waals surface area contributed by atoms with Crippen molar-refractivity contribution in [3.63, 3.8) is 0 Å². The molecule has 1 N–H and O–H groups in total. The Balaban J connectivity index is 2.44. The van der Waals surface area contributed by atoms with Crippen molar-refractivity contribution in [2.75, 3.05) is 14.2 Å². The average Bonchev–Trinajstić information content (AvgIpc) is 3.45. The number of thiophene rings is 2. The van der Waals surface area contributed by atoms with Crippen LogP contribution in [-0.4, -0.2) is 31.3 Å². The molecule has 3 atom stereocenters. The minimum absolute atomic E-state index is 0.277. The number of carbonyl (C=O) groups excluding carboxylic acids is 2. The number of nitriles is 2. The Hall–Kier alpha value is -3.14. The molecule has 0 spiro atoms. The molecule has 0 aromatic carbocycles. The lowest BCUT2D eigenvalue weighted by Gasteiger charge is -2.43. The standard InChI is InChI=1S/C20H16N2O5S2/c1-26-18(24)13-15(11-5-3-7-28-11)20(9-21,10-22)16(12-6-4-8-29-12)14(17(13)23)19(25)27-2/h3-8,13,15-16,23H,1-2H3/t13-,15+,16+/m0/s1. The Morgan fingerprint density at radius 2 is 1.66 bits per heavy atom. The zero-order chi connectivity index (χ0) is 21.2. The van der Waals surface area contributed by atoms with Crippen molar-refractivity contribution in [2.24, 2.45) is 11.3 Å². The highest BCUT2D eigenvalue weighted by Gasteiger charge is 2.62. The second-order valence-electron chi connectivity index (χ2n) is 6.33. The fourth-order valence-corrected chi connectivity index (χ4v) is 5.67. The first kappa shape index (κ1) is 20.6. The monoisotopic (exact) mass is 428 g/mol. The van der Waals surface area contributed by atoms with E-state index in [4.69, 9.17) is 9.47 Å². The first-order chi connectivity index (χ1) is 14.0. The van der Waals surface area contributed by atoms with Crippen molar-refractivity contribution in [1.82, 2.24) is 0 Å². The maximum Gasteiger partial charge on any atom is 0.337 e. The highest BCUT2D eigenvalue weighted by molar-refractivity contribution is 7.10. The van der Waals surface area contributed by atoms with Crippen LogP contribution in [0.2, 0.25) is 0 Å². The molecule has 148 valence electrons. The third-order valence-electron chi connectivity index (χ3n) is 5.05. The number of carbonyl (C=O) groups is 2. The molecule has 0 fully saturated rings. The van der Waals surface area contributed by atoms with E-state index in [0.29, 0.717) is 9.75 Å². The summed E-state index contributed by atoms with van der Waals surface area (Å²) in [7, 11) is 2.28. The molecule has 3 rings (SSSR count). The number of nitrogens with zero attached hydrogens (tertiary/aromatic N) is 2. The van der Waals surface area contributed by atoms with Gasteiger partial charge in [-0.1, -0.05) is 12.1 Å². The van der Waals surface area contributed by atoms with Gasteiger partial charge in [-0.25, -0.2) is 4.79 Å². The molecule has 0 saturated carbocycles. The number of methoxy groups -OCH3 is 2. The number of aliphatic hydroxyl groups is 1. The maximum absolute atomic E-state index is 12.7. The zero-order valence-corrected chi connectivity index (χ0v) is 17.1. The van der Waals surface area contributed by atoms with Crippen molar-refractivity contribution >= 4 is 34.6 Å². The summed E-state index contributed by atoms with van der Waals surface area (Å²) in [4.78, 5) is 26.4. The van der Waals surface area contributed by atoms with E-state index in [1.165, 1.54) is 22.7 Å². The molecule has 2 aromatic rings. The van der Waals surface area contributed by atoms with Crippen LogP contribution in [0.5, 0.6) is 0 Å². The molecule has 2 heterocycles. The number of esters is 2. The molecule has 0 unspecified atom stereocenters. The van der Waals surface area contributed by atoms with Crippen molar-refractivity contribution in [3.05, 3.63) is 56.1 Å². The smallest absolute Gasteiger partial charge is 0.337 e. The molecule has 1 aliphatic carbocycles. The van der Waals surface area contributed by atoms with E-state index in [9.17, 15) is 25.2 Å². The number of hydrogen-bond acceptors (Lipinski definition) is 9. The lowest BCUT2D eigenvalue weighted by atomic mass is 9.56. The van der Waals surface area contributed by atoms with E-state index >= 15 is 0 Å². The fourth-order valence-electron chi connectivity index (χ4n) is 3.82. The number of rotatable bonds is 4. The predicted octanol–water partition coefficient (Wildman–Crippen LogP) is 3.50. The number of aliphatic hydroxyl groups excluding tert-OH is 1. The normalized spacial score (nSPS) is 23.0. The Morgan fingerprint density at radius 3 is 2.10 bits per heavy atom. The van der Waals surface area contributed by atoms with Crippen molar-refractivity contribution < 1.29 is 24.2 Å². The van der Waals surface area contributed by atoms with Gasteiger partial charge in [0.2, 0.25) is 0 Å². The largest absolute Gasteiger partial charge is 0.511 e. The first-order valence-corrected chi connectivity index (χ1v) is 10.2. The molecule has 0 aliphatic heterocycles. The highest BCUT2D eigenvalue weighted by Crippen LogP contribution is 2.60. The summed E-state index contributed by atoms with van der Waals surface area (Å²) in [5, 5.41) is 35.0. The van der Waals surface area contributed by atoms with E-state index < -0.39 is 40.9 Å². The first-order valence-electron chi connectivity index (χ1n) is 8.45. The van der Waals surface area contributed by atoms with Crippen LogP contribution in [0.15, 0.2) is 46.4 Å². The average molecular weight is 428 g/mol. The number of hydrogen-bond donors (Lipinski definition) is 1. The predicted molar refractivity (Wildman–Crippen MR) is 105 cm³/mol. The summed E-state index contributed by atoms with van der Waals surface area (Å²) < 4.78 is 9.70. The van der Waals surface area contributed by atoms with Gasteiger partial charge >= 0.3 is 11.9 Å². The SMILES string of the molecule is COC(=O)C1=C(O)[C@@H](C(=O)OC)[C@@H](c2cccs2)C(C#N)(C#N)[C@@H]1c1cccs1. The van der Waals surface area contributed by atoms with Crippen molar-refractivity contribution in [1.29, 1.82) is 10.5 Å². The molecule has 9 heteroatoms. The Bertz CT molecular complexity index is 1010. The lowest BCUT2D eigenvalue weighted by Crippen LogP contribution is -2.46. The Morgan fingerprint density at radius 1 is 1.07 bits per heavy atom. The third-order valence-corrected chi connectivity index (χ3v) is 6.94. The van der Waals surface area contributed by atoms with Crippen LogP contribution >= 0.6 is 22.7 Å². The highest BCUT2D eigenvalue weighted by atomic mass is 32.1. The van der Waals surface area contributed by atoms with Gasteiger partial charge in [-0.05, 0) is 22.9 Å². The lowest BCUT2D eigenvalue weighted by molar-refractivity contribution is -0.147. The second kappa shape index (κ2) is 8.08. The van der Waals surface area contributed by atoms with Crippen LogP contribution in [0, 0.1) is 34.0 Å². The van der Waals surface area contributed by atoms with E-state index in [2.05, 4.69) is 12.1 Å². The minimum atomic E-state index is -1.86. The van der Waals surface area contributed by atoms with Crippen LogP contribution in [0.3, 0.4) is 0 Å². The van der Waals surface area contributed by atoms with Crippen LogP contribution in [-0.2, 0) is 19.1 Å². The van der Waals surface area contributed by atoms with E-state index in [1.54, 1.807) is 35.0 Å². The molecule has 29 heavy (non-hydrogen) atoms. The summed E-state index contributed by atoms with van der Waals surface area (Å²) >= 11 is 2.50. The van der Waals surface area contributed by atoms with Gasteiger partial charge in [0, 0.05) is 15.7 Å². The summed E-state index contributed by atoms with van der Waals surface area (Å²) in [6.07, 6.45) is 0. The van der Waals surface area contributed by atoms with Crippen LogP contribution in [0.4, 0.5) is 0 Å². The number of ether oxygens (including phenoxy) is 2. The molecular formula is C20H16N2O5S2. The van der Waals surface area contributed by atoms with Gasteiger partial charge in [-0.2, -0.15) is 10.5 Å². The summed E-state index contributed by atoms with van der Waals surface area (Å²) in [6, 6.07) is 11.0. The van der Waals surface area contributed by atoms with Crippen molar-refractivity contribution in [2.45, 2.75) is 11.8 Å². The van der Waals surface area contributed by atoms with Crippen LogP contribution in [0.25, 0.3) is 0 Å². The molecular weight excluding hydrogens is 412 g/mol.